The molecular formula is C21H20N2O2S. The summed E-state index contributed by atoms with van der Waals surface area (Å²) >= 11 is 1.54. The first-order valence-electron chi connectivity index (χ1n) is 8.81. The van der Waals surface area contributed by atoms with Gasteiger partial charge in [-0.25, -0.2) is 4.98 Å². The van der Waals surface area contributed by atoms with Gasteiger partial charge in [0, 0.05) is 12.7 Å². The second kappa shape index (κ2) is 7.81. The number of rotatable bonds is 5. The molecule has 1 aliphatic heterocycles. The van der Waals surface area contributed by atoms with Crippen molar-refractivity contribution in [1.82, 2.24) is 4.98 Å². The third-order valence-corrected chi connectivity index (χ3v) is 5.47. The summed E-state index contributed by atoms with van der Waals surface area (Å²) in [6.45, 7) is 1.31. The zero-order valence-corrected chi connectivity index (χ0v) is 15.2. The predicted molar refractivity (Wildman–Crippen MR) is 106 cm³/mol. The number of carbonyl (C=O) groups excluding carboxylic acids is 1. The minimum absolute atomic E-state index is 0.0663. The fourth-order valence-electron chi connectivity index (χ4n) is 3.05. The summed E-state index contributed by atoms with van der Waals surface area (Å²) in [6.07, 6.45) is 5.58. The molecule has 1 amide bonds. The summed E-state index contributed by atoms with van der Waals surface area (Å²) in [5.74, 6) is -0.0663. The Morgan fingerprint density at radius 1 is 1.19 bits per heavy atom. The highest BCUT2D eigenvalue weighted by atomic mass is 32.1. The molecule has 1 aromatic heterocycles. The largest absolute Gasteiger partial charge is 0.376 e. The maximum absolute atomic E-state index is 12.9. The lowest BCUT2D eigenvalue weighted by molar-refractivity contribution is -0.114. The topological polar surface area (TPSA) is 42.4 Å². The summed E-state index contributed by atoms with van der Waals surface area (Å²) in [5.41, 5.74) is 1.92. The molecule has 2 aromatic carbocycles. The first-order chi connectivity index (χ1) is 12.8. The first-order valence-corrected chi connectivity index (χ1v) is 9.63. The second-order valence-electron chi connectivity index (χ2n) is 6.29. The Balaban J connectivity index is 1.61. The summed E-state index contributed by atoms with van der Waals surface area (Å²) in [6, 6.07) is 17.8. The van der Waals surface area contributed by atoms with Crippen molar-refractivity contribution < 1.29 is 9.53 Å². The van der Waals surface area contributed by atoms with E-state index >= 15 is 0 Å². The Morgan fingerprint density at radius 2 is 2.00 bits per heavy atom. The number of nitrogens with zero attached hydrogens (tertiary/aromatic N) is 2. The van der Waals surface area contributed by atoms with Gasteiger partial charge in [0.05, 0.1) is 22.9 Å². The Labute approximate surface area is 156 Å². The fraction of sp³-hybridized carbons (Fsp3) is 0.238. The molecule has 4 nitrogen and oxygen atoms in total. The molecule has 5 heteroatoms. The first kappa shape index (κ1) is 16.9. The number of hydrogen-bond donors (Lipinski definition) is 0. The summed E-state index contributed by atoms with van der Waals surface area (Å²) in [4.78, 5) is 19.3. The minimum Gasteiger partial charge on any atom is -0.376 e. The van der Waals surface area contributed by atoms with E-state index in [2.05, 4.69) is 4.98 Å². The van der Waals surface area contributed by atoms with Gasteiger partial charge in [-0.1, -0.05) is 53.8 Å². The Morgan fingerprint density at radius 3 is 2.77 bits per heavy atom. The van der Waals surface area contributed by atoms with Crippen LogP contribution in [0.1, 0.15) is 18.4 Å². The molecule has 1 atom stereocenters. The number of hydrogen-bond acceptors (Lipinski definition) is 4. The Hall–Kier alpha value is -2.50. The molecule has 132 valence electrons. The van der Waals surface area contributed by atoms with Gasteiger partial charge in [-0.05, 0) is 36.6 Å². The van der Waals surface area contributed by atoms with Gasteiger partial charge in [0.15, 0.2) is 5.13 Å². The zero-order valence-electron chi connectivity index (χ0n) is 14.4. The Bertz CT molecular complexity index is 881. The highest BCUT2D eigenvalue weighted by Crippen LogP contribution is 2.30. The number of aromatic nitrogens is 1. The van der Waals surface area contributed by atoms with Crippen LogP contribution in [0.3, 0.4) is 0 Å². The second-order valence-corrected chi connectivity index (χ2v) is 7.30. The maximum Gasteiger partial charge on any atom is 0.252 e. The minimum atomic E-state index is -0.0663. The van der Waals surface area contributed by atoms with Gasteiger partial charge in [-0.2, -0.15) is 0 Å². The van der Waals surface area contributed by atoms with E-state index in [0.29, 0.717) is 6.54 Å². The number of carbonyl (C=O) groups is 1. The highest BCUT2D eigenvalue weighted by molar-refractivity contribution is 7.22. The van der Waals surface area contributed by atoms with Gasteiger partial charge in [-0.3, -0.25) is 9.69 Å². The molecule has 0 aliphatic carbocycles. The SMILES string of the molecule is O=C(C=Cc1ccccc1)N(CC1CCCO1)c1nc2ccccc2s1. The molecule has 2 heterocycles. The van der Waals surface area contributed by atoms with Gasteiger partial charge >= 0.3 is 0 Å². The summed E-state index contributed by atoms with van der Waals surface area (Å²) in [7, 11) is 0. The normalized spacial score (nSPS) is 17.2. The monoisotopic (exact) mass is 364 g/mol. The van der Waals surface area contributed by atoms with Crippen molar-refractivity contribution in [3.63, 3.8) is 0 Å². The van der Waals surface area contributed by atoms with Crippen LogP contribution in [-0.4, -0.2) is 30.1 Å². The lowest BCUT2D eigenvalue weighted by Gasteiger charge is -2.21. The van der Waals surface area contributed by atoms with Crippen LogP contribution in [0.2, 0.25) is 0 Å². The third-order valence-electron chi connectivity index (χ3n) is 4.41. The number of anilines is 1. The molecule has 1 saturated heterocycles. The van der Waals surface area contributed by atoms with Crippen LogP contribution in [0.4, 0.5) is 5.13 Å². The summed E-state index contributed by atoms with van der Waals surface area (Å²) < 4.78 is 6.83. The zero-order chi connectivity index (χ0) is 17.8. The van der Waals surface area contributed by atoms with E-state index in [4.69, 9.17) is 4.74 Å². The predicted octanol–water partition coefficient (Wildman–Crippen LogP) is 4.52. The van der Waals surface area contributed by atoms with Crippen LogP contribution in [0.15, 0.2) is 60.7 Å². The lowest BCUT2D eigenvalue weighted by Crippen LogP contribution is -2.36. The number of amides is 1. The average Bonchev–Trinajstić information content (AvgIpc) is 3.34. The quantitative estimate of drug-likeness (QED) is 0.625. The fourth-order valence-corrected chi connectivity index (χ4v) is 4.03. The van der Waals surface area contributed by atoms with E-state index in [0.717, 1.165) is 40.4 Å². The van der Waals surface area contributed by atoms with Gasteiger partial charge in [0.1, 0.15) is 0 Å². The van der Waals surface area contributed by atoms with Gasteiger partial charge < -0.3 is 4.74 Å². The summed E-state index contributed by atoms with van der Waals surface area (Å²) in [5, 5.41) is 0.726. The molecule has 0 saturated carbocycles. The van der Waals surface area contributed by atoms with Crippen molar-refractivity contribution in [3.05, 3.63) is 66.2 Å². The van der Waals surface area contributed by atoms with Crippen molar-refractivity contribution in [2.75, 3.05) is 18.1 Å². The molecular weight excluding hydrogens is 344 g/mol. The van der Waals surface area contributed by atoms with Crippen molar-refractivity contribution in [3.8, 4) is 0 Å². The molecule has 1 aliphatic rings. The standard InChI is InChI=1S/C21H20N2O2S/c24-20(13-12-16-7-2-1-3-8-16)23(15-17-9-6-14-25-17)21-22-18-10-4-5-11-19(18)26-21/h1-5,7-8,10-13,17H,6,9,14-15H2. The van der Waals surface area contributed by atoms with E-state index in [1.165, 1.54) is 0 Å². The molecule has 4 rings (SSSR count). The Kier molecular flexibility index (Phi) is 5.09. The van der Waals surface area contributed by atoms with Crippen molar-refractivity contribution in [1.29, 1.82) is 0 Å². The molecule has 1 fully saturated rings. The molecule has 1 unspecified atom stereocenters. The number of fused-ring (bicyclic) bond motifs is 1. The maximum atomic E-state index is 12.9. The van der Waals surface area contributed by atoms with E-state index in [1.54, 1.807) is 22.3 Å². The average molecular weight is 364 g/mol. The number of para-hydroxylation sites is 1. The third kappa shape index (κ3) is 3.84. The van der Waals surface area contributed by atoms with Gasteiger partial charge in [0.2, 0.25) is 0 Å². The number of benzene rings is 2. The van der Waals surface area contributed by atoms with E-state index in [9.17, 15) is 4.79 Å². The van der Waals surface area contributed by atoms with Crippen LogP contribution in [-0.2, 0) is 9.53 Å². The molecule has 26 heavy (non-hydrogen) atoms. The van der Waals surface area contributed by atoms with Gasteiger partial charge in [0.25, 0.3) is 5.91 Å². The number of ether oxygens (including phenoxy) is 1. The van der Waals surface area contributed by atoms with Crippen molar-refractivity contribution in [2.24, 2.45) is 0 Å². The van der Waals surface area contributed by atoms with E-state index < -0.39 is 0 Å². The molecule has 0 radical (unpaired) electrons. The van der Waals surface area contributed by atoms with E-state index in [1.807, 2.05) is 60.7 Å². The van der Waals surface area contributed by atoms with Gasteiger partial charge in [-0.15, -0.1) is 0 Å². The highest BCUT2D eigenvalue weighted by Gasteiger charge is 2.25. The lowest BCUT2D eigenvalue weighted by atomic mass is 10.2. The van der Waals surface area contributed by atoms with Crippen LogP contribution in [0, 0.1) is 0 Å². The van der Waals surface area contributed by atoms with Crippen LogP contribution < -0.4 is 4.90 Å². The molecule has 0 N–H and O–H groups in total. The number of thiazole rings is 1. The van der Waals surface area contributed by atoms with Crippen molar-refractivity contribution >= 4 is 38.7 Å². The van der Waals surface area contributed by atoms with Crippen molar-refractivity contribution in [2.45, 2.75) is 18.9 Å². The van der Waals surface area contributed by atoms with Crippen LogP contribution in [0.5, 0.6) is 0 Å². The molecule has 0 spiro atoms. The van der Waals surface area contributed by atoms with E-state index in [-0.39, 0.29) is 12.0 Å². The van der Waals surface area contributed by atoms with Crippen LogP contribution >= 0.6 is 11.3 Å². The smallest absolute Gasteiger partial charge is 0.252 e. The van der Waals surface area contributed by atoms with Crippen LogP contribution in [0.25, 0.3) is 16.3 Å². The molecule has 0 bridgehead atoms. The molecule has 3 aromatic rings.